The van der Waals surface area contributed by atoms with Gasteiger partial charge in [0.15, 0.2) is 12.8 Å². The lowest BCUT2D eigenvalue weighted by molar-refractivity contribution is -0.200. The monoisotopic (exact) mass is 1070 g/mol. The third-order valence-corrected chi connectivity index (χ3v) is 14.2. The van der Waals surface area contributed by atoms with E-state index in [1.807, 2.05) is 46.6 Å². The third-order valence-electron chi connectivity index (χ3n) is 13.3. The van der Waals surface area contributed by atoms with Crippen LogP contribution < -0.4 is 15.4 Å². The van der Waals surface area contributed by atoms with Gasteiger partial charge in [-0.2, -0.15) is 0 Å². The summed E-state index contributed by atoms with van der Waals surface area (Å²) >= 11 is 1.02. The number of nitrogens with zero attached hydrogens (tertiary/aromatic N) is 5. The molecule has 23 nitrogen and oxygen atoms in total. The minimum atomic E-state index is -1.32. The number of esters is 2. The fourth-order valence-electron chi connectivity index (χ4n) is 8.82. The third kappa shape index (κ3) is 16.6. The number of piperidine rings is 1. The van der Waals surface area contributed by atoms with Crippen molar-refractivity contribution >= 4 is 76.8 Å². The first-order valence-corrected chi connectivity index (χ1v) is 26.3. The average molecular weight is 1070 g/mol. The fourth-order valence-corrected chi connectivity index (χ4v) is 9.65. The number of thiazole rings is 1. The molecule has 24 heteroatoms. The van der Waals surface area contributed by atoms with Gasteiger partial charge in [-0.05, 0) is 75.2 Å². The van der Waals surface area contributed by atoms with E-state index < -0.39 is 102 Å². The summed E-state index contributed by atoms with van der Waals surface area (Å²) in [6, 6.07) is 2.88. The number of rotatable bonds is 25. The molecule has 2 N–H and O–H groups in total. The Morgan fingerprint density at radius 2 is 1.47 bits per heavy atom. The molecule has 0 aliphatic carbocycles. The Labute approximate surface area is 439 Å². The molecule has 3 aliphatic rings. The summed E-state index contributed by atoms with van der Waals surface area (Å²) in [4.78, 5) is 160. The Morgan fingerprint density at radius 1 is 0.840 bits per heavy atom. The van der Waals surface area contributed by atoms with Crippen molar-refractivity contribution in [3.8, 4) is 5.75 Å². The van der Waals surface area contributed by atoms with E-state index in [0.717, 1.165) is 30.7 Å². The van der Waals surface area contributed by atoms with Gasteiger partial charge in [0.2, 0.25) is 11.8 Å². The Balaban J connectivity index is 1.38. The van der Waals surface area contributed by atoms with Gasteiger partial charge in [-0.15, -0.1) is 16.4 Å². The zero-order chi connectivity index (χ0) is 55.1. The highest BCUT2D eigenvalue weighted by atomic mass is 32.1. The number of aromatic nitrogens is 1. The smallest absolute Gasteiger partial charge is 0.455 e. The lowest BCUT2D eigenvalue weighted by Crippen LogP contribution is -2.59. The molecule has 0 bridgehead atoms. The lowest BCUT2D eigenvalue weighted by Gasteiger charge is -2.39. The number of imide groups is 2. The standard InChI is InChI=1S/C51H69N7O16S/c1-9-13-44(64)70-28-56(49(67)45(30(5)10-2)54-47(66)37-14-11-12-23-55(37)8)38(29(3)4)26-39(71-32(7)59)48-53-36(27-75-48)46(65)52-34(24-31(6)50(68)73-57-40(60)19-20-41(57)61)25-33-15-17-35(18-16-33)72-51(69)74-58-42(62)21-22-43(58)63/h15-18,27,29-31,34,37-39,45H,9-14,19-26,28H2,1-8H3,(H,52,65)(H,54,66)/t30?,31-,34+,37+,38+,39+,45-/m1/s1. The van der Waals surface area contributed by atoms with Gasteiger partial charge in [0.1, 0.15) is 22.5 Å². The summed E-state index contributed by atoms with van der Waals surface area (Å²) in [5.74, 6) is -7.95. The van der Waals surface area contributed by atoms with Gasteiger partial charge in [-0.25, -0.2) is 14.6 Å². The largest absolute Gasteiger partial charge is 0.539 e. The summed E-state index contributed by atoms with van der Waals surface area (Å²) in [6.07, 6.45) is 0.656. The molecule has 2 aromatic rings. The van der Waals surface area contributed by atoms with Crippen LogP contribution in [0.1, 0.15) is 153 Å². The molecule has 3 fully saturated rings. The lowest BCUT2D eigenvalue weighted by atomic mass is 9.92. The van der Waals surface area contributed by atoms with Crippen molar-refractivity contribution in [1.82, 2.24) is 35.5 Å². The quantitative estimate of drug-likeness (QED) is 0.0581. The number of ether oxygens (including phenoxy) is 3. The molecule has 7 amide bonds. The van der Waals surface area contributed by atoms with Gasteiger partial charge in [0.05, 0.1) is 12.0 Å². The molecule has 5 rings (SSSR count). The molecule has 0 saturated carbocycles. The van der Waals surface area contributed by atoms with Crippen LogP contribution >= 0.6 is 11.3 Å². The number of likely N-dealkylation sites (tertiary alicyclic amines) is 1. The predicted molar refractivity (Wildman–Crippen MR) is 265 cm³/mol. The molecule has 0 radical (unpaired) electrons. The summed E-state index contributed by atoms with van der Waals surface area (Å²) in [5.41, 5.74) is 0.480. The summed E-state index contributed by atoms with van der Waals surface area (Å²) in [6.45, 7) is 12.3. The Kier molecular flexibility index (Phi) is 21.8. The number of likely N-dealkylation sites (N-methyl/N-ethyl adjacent to an activating group) is 1. The molecule has 0 spiro atoms. The maximum atomic E-state index is 14.9. The summed E-state index contributed by atoms with van der Waals surface area (Å²) in [5, 5.41) is 8.34. The number of amides is 7. The van der Waals surface area contributed by atoms with Crippen molar-refractivity contribution in [1.29, 1.82) is 0 Å². The van der Waals surface area contributed by atoms with E-state index in [0.29, 0.717) is 35.0 Å². The topological polar surface area (TPSA) is 284 Å². The van der Waals surface area contributed by atoms with Gasteiger partial charge >= 0.3 is 24.1 Å². The van der Waals surface area contributed by atoms with Crippen molar-refractivity contribution in [3.05, 3.63) is 45.9 Å². The molecule has 7 atom stereocenters. The highest BCUT2D eigenvalue weighted by Crippen LogP contribution is 2.32. The summed E-state index contributed by atoms with van der Waals surface area (Å²) < 4.78 is 16.7. The summed E-state index contributed by atoms with van der Waals surface area (Å²) in [7, 11) is 1.88. The van der Waals surface area contributed by atoms with Gasteiger partial charge in [-0.3, -0.25) is 52.9 Å². The van der Waals surface area contributed by atoms with Gasteiger partial charge in [0.25, 0.3) is 29.5 Å². The van der Waals surface area contributed by atoms with Gasteiger partial charge in [0, 0.05) is 62.9 Å². The molecule has 1 aromatic carbocycles. The second-order valence-corrected chi connectivity index (χ2v) is 20.3. The van der Waals surface area contributed by atoms with Crippen molar-refractivity contribution in [2.75, 3.05) is 20.3 Å². The number of carbonyl (C=O) groups excluding carboxylic acids is 11. The van der Waals surface area contributed by atoms with Crippen LogP contribution in [0.15, 0.2) is 29.6 Å². The SMILES string of the molecule is CCCC(=O)OCN(C(=O)[C@H](NC(=O)[C@@H]1CCCCN1C)C(C)CC)[C@@H](C[C@H](OC(C)=O)c1nc(C(=O)N[C@H](Cc2ccc(OC(=O)ON3C(=O)CCC3=O)cc2)C[C@@H](C)C(=O)ON2C(=O)CCC2=O)cs1)C(C)C. The maximum Gasteiger partial charge on any atom is 0.539 e. The highest BCUT2D eigenvalue weighted by molar-refractivity contribution is 7.09. The Hall–Kier alpha value is -6.82. The molecule has 3 aliphatic heterocycles. The maximum absolute atomic E-state index is 14.9. The Morgan fingerprint density at radius 3 is 2.04 bits per heavy atom. The van der Waals surface area contributed by atoms with Crippen molar-refractivity contribution in [2.45, 2.75) is 162 Å². The molecule has 1 aromatic heterocycles. The van der Waals surface area contributed by atoms with E-state index in [2.05, 4.69) is 15.6 Å². The average Bonchev–Trinajstić information content (AvgIpc) is 4.08. The second-order valence-electron chi connectivity index (χ2n) is 19.5. The molecule has 4 heterocycles. The van der Waals surface area contributed by atoms with E-state index in [4.69, 9.17) is 23.9 Å². The number of hydrogen-bond donors (Lipinski definition) is 2. The number of nitrogens with one attached hydrogen (secondary N) is 2. The fraction of sp³-hybridized carbons (Fsp3) is 0.608. The van der Waals surface area contributed by atoms with Crippen LogP contribution in [0.2, 0.25) is 0 Å². The molecular formula is C51H69N7O16S. The van der Waals surface area contributed by atoms with E-state index in [9.17, 15) is 52.7 Å². The number of hydrogen-bond acceptors (Lipinski definition) is 19. The zero-order valence-electron chi connectivity index (χ0n) is 43.8. The van der Waals surface area contributed by atoms with E-state index in [1.165, 1.54) is 36.3 Å². The molecule has 1 unspecified atom stereocenters. The normalized spacial score (nSPS) is 18.4. The predicted octanol–water partition coefficient (Wildman–Crippen LogP) is 4.86. The minimum Gasteiger partial charge on any atom is -0.455 e. The first kappa shape index (κ1) is 59.1. The number of hydroxylamine groups is 4. The van der Waals surface area contributed by atoms with Crippen LogP contribution in [0.5, 0.6) is 5.75 Å². The van der Waals surface area contributed by atoms with Crippen LogP contribution in [0.3, 0.4) is 0 Å². The van der Waals surface area contributed by atoms with Crippen LogP contribution in [0, 0.1) is 17.8 Å². The molecular weight excluding hydrogens is 999 g/mol. The molecule has 410 valence electrons. The highest BCUT2D eigenvalue weighted by Gasteiger charge is 2.40. The second kappa shape index (κ2) is 27.6. The van der Waals surface area contributed by atoms with Crippen molar-refractivity contribution in [3.63, 3.8) is 0 Å². The van der Waals surface area contributed by atoms with Crippen LogP contribution in [0.25, 0.3) is 0 Å². The number of benzene rings is 1. The van der Waals surface area contributed by atoms with Crippen LogP contribution in [-0.4, -0.2) is 135 Å². The number of carbonyl (C=O) groups is 11. The molecule has 75 heavy (non-hydrogen) atoms. The van der Waals surface area contributed by atoms with E-state index in [-0.39, 0.29) is 85.6 Å². The van der Waals surface area contributed by atoms with Crippen molar-refractivity contribution < 1.29 is 76.6 Å². The molecule has 3 saturated heterocycles. The van der Waals surface area contributed by atoms with E-state index >= 15 is 0 Å². The van der Waals surface area contributed by atoms with Gasteiger partial charge in [-0.1, -0.05) is 71.6 Å². The van der Waals surface area contributed by atoms with E-state index in [1.54, 1.807) is 12.1 Å². The van der Waals surface area contributed by atoms with Gasteiger partial charge < -0.3 is 34.6 Å². The van der Waals surface area contributed by atoms with Crippen molar-refractivity contribution in [2.24, 2.45) is 17.8 Å². The Bertz CT molecular complexity index is 2400. The first-order valence-electron chi connectivity index (χ1n) is 25.4. The zero-order valence-corrected chi connectivity index (χ0v) is 44.6. The minimum absolute atomic E-state index is 0.00726. The van der Waals surface area contributed by atoms with Crippen LogP contribution in [-0.2, 0) is 68.7 Å². The first-order chi connectivity index (χ1) is 35.6. The van der Waals surface area contributed by atoms with Crippen LogP contribution in [0.4, 0.5) is 4.79 Å².